The van der Waals surface area contributed by atoms with Crippen molar-refractivity contribution in [3.05, 3.63) is 76.7 Å². The van der Waals surface area contributed by atoms with Crippen molar-refractivity contribution in [1.82, 2.24) is 5.32 Å². The van der Waals surface area contributed by atoms with Gasteiger partial charge in [-0.15, -0.1) is 0 Å². The summed E-state index contributed by atoms with van der Waals surface area (Å²) in [4.78, 5) is 35.0. The lowest BCUT2D eigenvalue weighted by atomic mass is 10.0. The Balaban J connectivity index is 2.22. The van der Waals surface area contributed by atoms with Gasteiger partial charge in [0.15, 0.2) is 5.78 Å². The molecule has 1 atom stereocenters. The average molecular weight is 353 g/mol. The number of aryl methyl sites for hydroxylation is 1. The smallest absolute Gasteiger partial charge is 0.352 e. The van der Waals surface area contributed by atoms with Crippen LogP contribution >= 0.6 is 0 Å². The van der Waals surface area contributed by atoms with E-state index in [2.05, 4.69) is 5.32 Å². The summed E-state index contributed by atoms with van der Waals surface area (Å²) in [5.41, 5.74) is 1.24. The van der Waals surface area contributed by atoms with Crippen LogP contribution in [0.4, 0.5) is 0 Å². The summed E-state index contributed by atoms with van der Waals surface area (Å²) >= 11 is 0. The molecule has 0 bridgehead atoms. The third-order valence-electron chi connectivity index (χ3n) is 3.67. The maximum Gasteiger partial charge on any atom is 0.352 e. The molecule has 0 fully saturated rings. The second-order valence-electron chi connectivity index (χ2n) is 5.61. The lowest BCUT2D eigenvalue weighted by Crippen LogP contribution is -2.33. The predicted octanol–water partition coefficient (Wildman–Crippen LogP) is 2.35. The van der Waals surface area contributed by atoms with Crippen LogP contribution in [0.3, 0.4) is 0 Å². The SMILES string of the molecule is CCOC1=CC(=C=O)C(NC(=CC(=O)c2ccc(C)cc2)C(=O)O)C=C1. The molecule has 1 unspecified atom stereocenters. The van der Waals surface area contributed by atoms with E-state index in [9.17, 15) is 19.5 Å². The Labute approximate surface area is 151 Å². The van der Waals surface area contributed by atoms with Gasteiger partial charge in [0.05, 0.1) is 18.2 Å². The predicted molar refractivity (Wildman–Crippen MR) is 96.2 cm³/mol. The fraction of sp³-hybridized carbons (Fsp3) is 0.200. The van der Waals surface area contributed by atoms with Gasteiger partial charge in [-0.05, 0) is 26.0 Å². The van der Waals surface area contributed by atoms with Gasteiger partial charge in [-0.1, -0.05) is 35.9 Å². The van der Waals surface area contributed by atoms with Crippen LogP contribution in [-0.2, 0) is 14.3 Å². The number of ether oxygens (including phenoxy) is 1. The van der Waals surface area contributed by atoms with Crippen molar-refractivity contribution in [3.8, 4) is 0 Å². The van der Waals surface area contributed by atoms with Crippen LogP contribution in [0.5, 0.6) is 0 Å². The van der Waals surface area contributed by atoms with Crippen LogP contribution in [0.1, 0.15) is 22.8 Å². The van der Waals surface area contributed by atoms with E-state index in [1.807, 2.05) is 13.8 Å². The molecule has 0 saturated carbocycles. The molecular formula is C20H19NO5. The number of hydrogen-bond donors (Lipinski definition) is 2. The first-order valence-electron chi connectivity index (χ1n) is 8.04. The van der Waals surface area contributed by atoms with E-state index in [4.69, 9.17) is 4.74 Å². The van der Waals surface area contributed by atoms with Gasteiger partial charge in [-0.25, -0.2) is 9.59 Å². The fourth-order valence-electron chi connectivity index (χ4n) is 2.33. The summed E-state index contributed by atoms with van der Waals surface area (Å²) in [5.74, 6) is 0.506. The Morgan fingerprint density at radius 3 is 2.58 bits per heavy atom. The highest BCUT2D eigenvalue weighted by Crippen LogP contribution is 2.17. The third-order valence-corrected chi connectivity index (χ3v) is 3.67. The molecule has 1 aromatic rings. The summed E-state index contributed by atoms with van der Waals surface area (Å²) in [6.07, 6.45) is 5.70. The van der Waals surface area contributed by atoms with E-state index >= 15 is 0 Å². The van der Waals surface area contributed by atoms with Crippen molar-refractivity contribution in [2.75, 3.05) is 6.61 Å². The maximum atomic E-state index is 12.3. The number of carboxylic acid groups (broad SMARTS) is 1. The largest absolute Gasteiger partial charge is 0.494 e. The Morgan fingerprint density at radius 1 is 1.31 bits per heavy atom. The van der Waals surface area contributed by atoms with E-state index in [0.29, 0.717) is 17.9 Å². The molecule has 26 heavy (non-hydrogen) atoms. The molecule has 134 valence electrons. The quantitative estimate of drug-likeness (QED) is 0.444. The summed E-state index contributed by atoms with van der Waals surface area (Å²) in [5, 5.41) is 12.1. The van der Waals surface area contributed by atoms with Crippen LogP contribution in [-0.4, -0.2) is 35.4 Å². The molecule has 1 aliphatic rings. The highest BCUT2D eigenvalue weighted by molar-refractivity contribution is 6.08. The molecule has 0 spiro atoms. The summed E-state index contributed by atoms with van der Waals surface area (Å²) < 4.78 is 5.31. The second kappa shape index (κ2) is 8.65. The highest BCUT2D eigenvalue weighted by Gasteiger charge is 2.20. The standard InChI is InChI=1S/C20H19NO5/c1-3-26-16-8-9-17(15(10-16)12-22)21-18(20(24)25)11-19(23)14-6-4-13(2)5-7-14/h4-11,17,21H,3H2,1-2H3,(H,24,25). The van der Waals surface area contributed by atoms with Crippen LogP contribution in [0.2, 0.25) is 0 Å². The molecule has 0 saturated heterocycles. The van der Waals surface area contributed by atoms with E-state index in [-0.39, 0.29) is 11.3 Å². The van der Waals surface area contributed by atoms with E-state index in [1.54, 1.807) is 42.4 Å². The lowest BCUT2D eigenvalue weighted by Gasteiger charge is -2.20. The third kappa shape index (κ3) is 4.82. The number of hydrogen-bond acceptors (Lipinski definition) is 5. The van der Waals surface area contributed by atoms with E-state index in [1.165, 1.54) is 6.08 Å². The van der Waals surface area contributed by atoms with Crippen molar-refractivity contribution in [1.29, 1.82) is 0 Å². The molecule has 2 rings (SSSR count). The molecule has 0 radical (unpaired) electrons. The zero-order valence-electron chi connectivity index (χ0n) is 14.5. The number of carbonyl (C=O) groups is 2. The first-order valence-corrected chi connectivity index (χ1v) is 8.04. The molecule has 6 heteroatoms. The van der Waals surface area contributed by atoms with Crippen molar-refractivity contribution in [2.45, 2.75) is 19.9 Å². The molecule has 1 aliphatic carbocycles. The number of carbonyl (C=O) groups excluding carboxylic acids is 2. The van der Waals surface area contributed by atoms with Gasteiger partial charge in [0.2, 0.25) is 0 Å². The number of nitrogens with one attached hydrogen (secondary N) is 1. The van der Waals surface area contributed by atoms with Gasteiger partial charge in [-0.2, -0.15) is 0 Å². The van der Waals surface area contributed by atoms with Gasteiger partial charge in [-0.3, -0.25) is 4.79 Å². The minimum absolute atomic E-state index is 0.186. The topological polar surface area (TPSA) is 92.7 Å². The monoisotopic (exact) mass is 353 g/mol. The van der Waals surface area contributed by atoms with Crippen LogP contribution in [0.15, 0.2) is 65.6 Å². The summed E-state index contributed by atoms with van der Waals surface area (Å²) in [6, 6.07) is 6.08. The Morgan fingerprint density at radius 2 is 2.00 bits per heavy atom. The molecule has 0 heterocycles. The number of rotatable bonds is 7. The Kier molecular flexibility index (Phi) is 6.31. The molecule has 6 nitrogen and oxygen atoms in total. The lowest BCUT2D eigenvalue weighted by molar-refractivity contribution is -0.133. The van der Waals surface area contributed by atoms with Crippen molar-refractivity contribution >= 4 is 17.7 Å². The number of benzene rings is 1. The number of carboxylic acids is 1. The van der Waals surface area contributed by atoms with Crippen molar-refractivity contribution in [3.63, 3.8) is 0 Å². The Bertz CT molecular complexity index is 839. The molecular weight excluding hydrogens is 334 g/mol. The number of allylic oxidation sites excluding steroid dienone is 2. The number of ketones is 1. The van der Waals surface area contributed by atoms with Gasteiger partial charge in [0.25, 0.3) is 0 Å². The van der Waals surface area contributed by atoms with E-state index in [0.717, 1.165) is 11.6 Å². The second-order valence-corrected chi connectivity index (χ2v) is 5.61. The van der Waals surface area contributed by atoms with E-state index < -0.39 is 17.8 Å². The van der Waals surface area contributed by atoms with Crippen LogP contribution < -0.4 is 5.32 Å². The zero-order chi connectivity index (χ0) is 19.1. The molecule has 0 aliphatic heterocycles. The molecule has 1 aromatic carbocycles. The minimum atomic E-state index is -1.30. The minimum Gasteiger partial charge on any atom is -0.494 e. The molecule has 0 amide bonds. The first-order chi connectivity index (χ1) is 12.4. The van der Waals surface area contributed by atoms with Crippen molar-refractivity contribution in [2.24, 2.45) is 0 Å². The maximum absolute atomic E-state index is 12.3. The summed E-state index contributed by atoms with van der Waals surface area (Å²) in [7, 11) is 0. The highest BCUT2D eigenvalue weighted by atomic mass is 16.5. The zero-order valence-corrected chi connectivity index (χ0v) is 14.5. The van der Waals surface area contributed by atoms with Gasteiger partial charge in [0, 0.05) is 11.6 Å². The average Bonchev–Trinajstić information content (AvgIpc) is 2.62. The fourth-order valence-corrected chi connectivity index (χ4v) is 2.33. The number of aliphatic carboxylic acids is 1. The van der Waals surface area contributed by atoms with Crippen LogP contribution in [0, 0.1) is 6.92 Å². The van der Waals surface area contributed by atoms with Crippen molar-refractivity contribution < 1.29 is 24.2 Å². The molecule has 2 N–H and O–H groups in total. The first kappa shape index (κ1) is 19.0. The normalized spacial score (nSPS) is 16.5. The van der Waals surface area contributed by atoms with Gasteiger partial charge in [0.1, 0.15) is 17.4 Å². The van der Waals surface area contributed by atoms with Gasteiger partial charge < -0.3 is 15.2 Å². The van der Waals surface area contributed by atoms with Crippen LogP contribution in [0.25, 0.3) is 0 Å². The Hall–Kier alpha value is -3.37. The summed E-state index contributed by atoms with van der Waals surface area (Å²) in [6.45, 7) is 4.14. The molecule has 0 aromatic heterocycles. The van der Waals surface area contributed by atoms with Gasteiger partial charge >= 0.3 is 5.97 Å².